The van der Waals surface area contributed by atoms with Crippen LogP contribution in [-0.4, -0.2) is 36.3 Å². The molecule has 0 spiro atoms. The Hall–Kier alpha value is -2.07. The van der Waals surface area contributed by atoms with Gasteiger partial charge in [-0.3, -0.25) is 14.1 Å². The zero-order valence-electron chi connectivity index (χ0n) is 12.9. The minimum Gasteiger partial charge on any atom is -0.386 e. The third kappa shape index (κ3) is 2.96. The van der Waals surface area contributed by atoms with Gasteiger partial charge in [-0.1, -0.05) is 24.3 Å². The van der Waals surface area contributed by atoms with E-state index in [-0.39, 0.29) is 38.4 Å². The van der Waals surface area contributed by atoms with Crippen LogP contribution in [0.2, 0.25) is 0 Å². The first kappa shape index (κ1) is 18.7. The number of nitrogens with two attached hydrogens (primary N) is 1. The van der Waals surface area contributed by atoms with E-state index in [0.29, 0.717) is 0 Å². The molecule has 0 fully saturated rings. The van der Waals surface area contributed by atoms with Crippen molar-refractivity contribution in [3.8, 4) is 0 Å². The Kier molecular flexibility index (Phi) is 4.74. The number of amidine groups is 1. The van der Waals surface area contributed by atoms with E-state index in [2.05, 4.69) is 20.9 Å². The summed E-state index contributed by atoms with van der Waals surface area (Å²) in [5, 5.41) is 0. The van der Waals surface area contributed by atoms with Crippen molar-refractivity contribution in [3.05, 3.63) is 57.1 Å². The fourth-order valence-corrected chi connectivity index (χ4v) is 4.17. The first-order valence-corrected chi connectivity index (χ1v) is 9.85. The van der Waals surface area contributed by atoms with E-state index in [0.717, 1.165) is 6.07 Å². The number of ketones is 2. The molecule has 26 heavy (non-hydrogen) atoms. The zero-order chi connectivity index (χ0) is 19.2. The molecule has 3 N–H and O–H groups in total. The Labute approximate surface area is 161 Å². The van der Waals surface area contributed by atoms with Crippen LogP contribution in [0, 0.1) is 0 Å². The molecule has 1 aliphatic carbocycles. The molecule has 0 heterocycles. The lowest BCUT2D eigenvalue weighted by atomic mass is 9.83. The van der Waals surface area contributed by atoms with Crippen LogP contribution < -0.4 is 5.73 Å². The first-order valence-electron chi connectivity index (χ1n) is 7.08. The molecule has 2 aromatic rings. The van der Waals surface area contributed by atoms with Gasteiger partial charge in [0.2, 0.25) is 0 Å². The summed E-state index contributed by atoms with van der Waals surface area (Å²) in [6.45, 7) is 0. The fraction of sp³-hybridized carbons (Fsp3) is 0.0625. The first-order chi connectivity index (χ1) is 12.2. The van der Waals surface area contributed by atoms with Gasteiger partial charge >= 0.3 is 0 Å². The van der Waals surface area contributed by atoms with Crippen LogP contribution in [0.3, 0.4) is 0 Å². The maximum Gasteiger partial charge on any atom is 0.296 e. The van der Waals surface area contributed by atoms with E-state index in [1.54, 1.807) is 12.1 Å². The maximum absolute atomic E-state index is 13.0. The highest BCUT2D eigenvalue weighted by Gasteiger charge is 2.36. The lowest BCUT2D eigenvalue weighted by molar-refractivity contribution is 0.0978. The number of aliphatic imine (C=N–C) groups is 1. The van der Waals surface area contributed by atoms with Crippen molar-refractivity contribution in [1.29, 1.82) is 0 Å². The smallest absolute Gasteiger partial charge is 0.296 e. The summed E-state index contributed by atoms with van der Waals surface area (Å²) in [5.74, 6) is -1.51. The third-order valence-corrected chi connectivity index (χ3v) is 5.52. The normalized spacial score (nSPS) is 14.2. The topological polar surface area (TPSA) is 127 Å². The van der Waals surface area contributed by atoms with Crippen LogP contribution in [-0.2, 0) is 10.1 Å². The Bertz CT molecular complexity index is 1110. The molecule has 10 heteroatoms. The van der Waals surface area contributed by atoms with Crippen LogP contribution in [0.1, 0.15) is 31.8 Å². The van der Waals surface area contributed by atoms with Gasteiger partial charge < -0.3 is 5.73 Å². The van der Waals surface area contributed by atoms with Crippen molar-refractivity contribution < 1.29 is 22.6 Å². The SMILES string of the molecule is NC(CCl)=Nc1c(S(=O)(=O)O)cc(Br)c2c1C(=O)c1ccccc1C2=O. The number of halogens is 2. The average molecular weight is 458 g/mol. The highest BCUT2D eigenvalue weighted by atomic mass is 79.9. The van der Waals surface area contributed by atoms with Crippen molar-refractivity contribution >= 4 is 60.7 Å². The second-order valence-corrected chi connectivity index (χ2v) is 7.88. The van der Waals surface area contributed by atoms with Gasteiger partial charge in [-0.25, -0.2) is 4.99 Å². The number of rotatable bonds is 3. The van der Waals surface area contributed by atoms with E-state index in [4.69, 9.17) is 17.3 Å². The molecule has 0 aliphatic heterocycles. The van der Waals surface area contributed by atoms with Gasteiger partial charge in [0.15, 0.2) is 11.6 Å². The van der Waals surface area contributed by atoms with Crippen molar-refractivity contribution in [2.24, 2.45) is 10.7 Å². The van der Waals surface area contributed by atoms with Crippen molar-refractivity contribution in [2.75, 3.05) is 5.88 Å². The number of carbonyl (C=O) groups is 2. The molecule has 1 aliphatic rings. The number of benzene rings is 2. The van der Waals surface area contributed by atoms with E-state index in [1.165, 1.54) is 12.1 Å². The van der Waals surface area contributed by atoms with Crippen LogP contribution in [0.15, 0.2) is 44.7 Å². The fourth-order valence-electron chi connectivity index (χ4n) is 2.69. The third-order valence-electron chi connectivity index (χ3n) is 3.76. The average Bonchev–Trinajstić information content (AvgIpc) is 2.59. The molecule has 7 nitrogen and oxygen atoms in total. The standard InChI is InChI=1S/C16H10BrClN2O5S/c17-9-5-10(26(23,24)25)14(20-11(19)6-18)13-12(9)15(21)7-3-1-2-4-8(7)16(13)22/h1-5H,6H2,(H2,19,20)(H,23,24,25). The Balaban J connectivity index is 2.49. The molecular formula is C16H10BrClN2O5S. The van der Waals surface area contributed by atoms with Crippen molar-refractivity contribution in [2.45, 2.75) is 4.90 Å². The van der Waals surface area contributed by atoms with Crippen LogP contribution in [0.5, 0.6) is 0 Å². The summed E-state index contributed by atoms with van der Waals surface area (Å²) in [7, 11) is -4.76. The van der Waals surface area contributed by atoms with Gasteiger partial charge in [-0.05, 0) is 22.0 Å². The van der Waals surface area contributed by atoms with Gasteiger partial charge in [-0.15, -0.1) is 11.6 Å². The van der Waals surface area contributed by atoms with E-state index in [1.807, 2.05) is 0 Å². The molecule has 0 bridgehead atoms. The lowest BCUT2D eigenvalue weighted by Gasteiger charge is -2.21. The Morgan fingerprint density at radius 2 is 1.69 bits per heavy atom. The van der Waals surface area contributed by atoms with Gasteiger partial charge in [0.05, 0.1) is 22.7 Å². The monoisotopic (exact) mass is 456 g/mol. The predicted molar refractivity (Wildman–Crippen MR) is 99.3 cm³/mol. The van der Waals surface area contributed by atoms with Gasteiger partial charge in [0.25, 0.3) is 10.1 Å². The maximum atomic E-state index is 13.0. The number of carbonyl (C=O) groups excluding carboxylic acids is 2. The van der Waals surface area contributed by atoms with Gasteiger partial charge in [0, 0.05) is 15.6 Å². The summed E-state index contributed by atoms with van der Waals surface area (Å²) < 4.78 is 33.2. The largest absolute Gasteiger partial charge is 0.386 e. The van der Waals surface area contributed by atoms with Crippen molar-refractivity contribution in [3.63, 3.8) is 0 Å². The quantitative estimate of drug-likeness (QED) is 0.269. The summed E-state index contributed by atoms with van der Waals surface area (Å²) in [5.41, 5.74) is 5.15. The number of alkyl halides is 1. The summed E-state index contributed by atoms with van der Waals surface area (Å²) in [6, 6.07) is 7.14. The van der Waals surface area contributed by atoms with Crippen LogP contribution >= 0.6 is 27.5 Å². The van der Waals surface area contributed by atoms with Crippen LogP contribution in [0.4, 0.5) is 5.69 Å². The number of hydrogen-bond donors (Lipinski definition) is 2. The zero-order valence-corrected chi connectivity index (χ0v) is 16.0. The molecule has 0 saturated carbocycles. The lowest BCUT2D eigenvalue weighted by Crippen LogP contribution is -2.23. The van der Waals surface area contributed by atoms with E-state index < -0.39 is 32.3 Å². The molecule has 0 atom stereocenters. The van der Waals surface area contributed by atoms with E-state index >= 15 is 0 Å². The molecule has 134 valence electrons. The number of nitrogens with zero attached hydrogens (tertiary/aromatic N) is 1. The summed E-state index contributed by atoms with van der Waals surface area (Å²) >= 11 is 8.71. The highest BCUT2D eigenvalue weighted by molar-refractivity contribution is 9.10. The van der Waals surface area contributed by atoms with Crippen molar-refractivity contribution in [1.82, 2.24) is 0 Å². The van der Waals surface area contributed by atoms with E-state index in [9.17, 15) is 22.6 Å². The minimum atomic E-state index is -4.76. The van der Waals surface area contributed by atoms with Crippen LogP contribution in [0.25, 0.3) is 0 Å². The van der Waals surface area contributed by atoms with Gasteiger partial charge in [0.1, 0.15) is 10.7 Å². The molecular weight excluding hydrogens is 448 g/mol. The predicted octanol–water partition coefficient (Wildman–Crippen LogP) is 2.70. The Morgan fingerprint density at radius 3 is 2.19 bits per heavy atom. The molecule has 0 amide bonds. The molecule has 0 unspecified atom stereocenters. The minimum absolute atomic E-state index is 0.0383. The summed E-state index contributed by atoms with van der Waals surface area (Å²) in [4.78, 5) is 29.1. The summed E-state index contributed by atoms with van der Waals surface area (Å²) in [6.07, 6.45) is 0. The molecule has 2 aromatic carbocycles. The second-order valence-electron chi connectivity index (χ2n) is 5.37. The molecule has 0 radical (unpaired) electrons. The molecule has 3 rings (SSSR count). The Morgan fingerprint density at radius 1 is 1.15 bits per heavy atom. The van der Waals surface area contributed by atoms with Gasteiger partial charge in [-0.2, -0.15) is 8.42 Å². The highest BCUT2D eigenvalue weighted by Crippen LogP contribution is 2.41. The molecule has 0 saturated heterocycles. The number of fused-ring (bicyclic) bond motifs is 2. The second kappa shape index (κ2) is 6.58. The number of hydrogen-bond acceptors (Lipinski definition) is 5. The molecule has 0 aromatic heterocycles.